The van der Waals surface area contributed by atoms with E-state index in [1.54, 1.807) is 30.7 Å². The molecule has 3 rings (SSSR count). The molecule has 3 aromatic rings. The summed E-state index contributed by atoms with van der Waals surface area (Å²) in [4.78, 5) is 4.10. The van der Waals surface area contributed by atoms with Gasteiger partial charge in [0.1, 0.15) is 12.4 Å². The highest BCUT2D eigenvalue weighted by Crippen LogP contribution is 2.31. The first-order chi connectivity index (χ1) is 12.1. The van der Waals surface area contributed by atoms with Crippen LogP contribution in [-0.2, 0) is 6.61 Å². The number of halogens is 3. The Morgan fingerprint density at radius 3 is 2.56 bits per heavy atom. The van der Waals surface area contributed by atoms with Crippen molar-refractivity contribution in [2.45, 2.75) is 13.5 Å². The second-order valence-electron chi connectivity index (χ2n) is 5.31. The van der Waals surface area contributed by atoms with Gasteiger partial charge < -0.3 is 9.30 Å². The normalized spacial score (nSPS) is 11.6. The molecule has 0 N–H and O–H groups in total. The zero-order valence-electron chi connectivity index (χ0n) is 13.4. The van der Waals surface area contributed by atoms with Gasteiger partial charge in [-0.25, -0.2) is 4.98 Å². The molecule has 25 heavy (non-hydrogen) atoms. The summed E-state index contributed by atoms with van der Waals surface area (Å²) in [7, 11) is 0. The maximum atomic E-state index is 6.22. The van der Waals surface area contributed by atoms with Crippen molar-refractivity contribution < 1.29 is 4.74 Å². The Morgan fingerprint density at radius 2 is 1.88 bits per heavy atom. The number of hydrogen-bond donors (Lipinski definition) is 0. The number of benzene rings is 2. The van der Waals surface area contributed by atoms with Crippen molar-refractivity contribution in [1.29, 1.82) is 0 Å². The van der Waals surface area contributed by atoms with Gasteiger partial charge in [-0.1, -0.05) is 46.9 Å². The SMILES string of the molecule is C/C=C(/c1cc(Cl)ccc1OCc1ccc(Cl)cc1Cl)n1ccnc1. The van der Waals surface area contributed by atoms with E-state index in [9.17, 15) is 0 Å². The Morgan fingerprint density at radius 1 is 1.12 bits per heavy atom. The van der Waals surface area contributed by atoms with Crippen molar-refractivity contribution in [2.24, 2.45) is 0 Å². The van der Waals surface area contributed by atoms with E-state index in [4.69, 9.17) is 39.5 Å². The Hall–Kier alpha value is -1.94. The van der Waals surface area contributed by atoms with Crippen LogP contribution in [0.2, 0.25) is 15.1 Å². The van der Waals surface area contributed by atoms with Gasteiger partial charge in [-0.3, -0.25) is 0 Å². The minimum Gasteiger partial charge on any atom is -0.488 e. The van der Waals surface area contributed by atoms with E-state index < -0.39 is 0 Å². The van der Waals surface area contributed by atoms with Crippen LogP contribution in [-0.4, -0.2) is 9.55 Å². The summed E-state index contributed by atoms with van der Waals surface area (Å²) < 4.78 is 7.93. The van der Waals surface area contributed by atoms with Crippen LogP contribution in [0.25, 0.3) is 5.70 Å². The molecular weight excluding hydrogens is 379 g/mol. The topological polar surface area (TPSA) is 27.1 Å². The average molecular weight is 394 g/mol. The third kappa shape index (κ3) is 4.18. The summed E-state index contributed by atoms with van der Waals surface area (Å²) in [5.74, 6) is 0.706. The van der Waals surface area contributed by atoms with E-state index in [0.29, 0.717) is 27.4 Å². The number of rotatable bonds is 5. The predicted octanol–water partition coefficient (Wildman–Crippen LogP) is 6.33. The minimum absolute atomic E-state index is 0.325. The summed E-state index contributed by atoms with van der Waals surface area (Å²) >= 11 is 18.4. The fourth-order valence-corrected chi connectivity index (χ4v) is 3.10. The molecule has 0 radical (unpaired) electrons. The van der Waals surface area contributed by atoms with Crippen molar-refractivity contribution in [3.63, 3.8) is 0 Å². The zero-order chi connectivity index (χ0) is 17.8. The second-order valence-corrected chi connectivity index (χ2v) is 6.59. The summed E-state index contributed by atoms with van der Waals surface area (Å²) in [5, 5.41) is 1.80. The van der Waals surface area contributed by atoms with E-state index in [1.807, 2.05) is 42.0 Å². The van der Waals surface area contributed by atoms with E-state index in [0.717, 1.165) is 16.8 Å². The van der Waals surface area contributed by atoms with Gasteiger partial charge in [0, 0.05) is 38.6 Å². The summed E-state index contributed by atoms with van der Waals surface area (Å²) in [6.45, 7) is 2.28. The van der Waals surface area contributed by atoms with Gasteiger partial charge in [0.2, 0.25) is 0 Å². The van der Waals surface area contributed by atoms with Crippen LogP contribution in [0.4, 0.5) is 0 Å². The van der Waals surface area contributed by atoms with Crippen LogP contribution in [0.3, 0.4) is 0 Å². The quantitative estimate of drug-likeness (QED) is 0.506. The van der Waals surface area contributed by atoms with Gasteiger partial charge in [-0.05, 0) is 37.3 Å². The Labute approximate surface area is 161 Å². The molecule has 1 aromatic heterocycles. The van der Waals surface area contributed by atoms with Crippen molar-refractivity contribution in [1.82, 2.24) is 9.55 Å². The van der Waals surface area contributed by atoms with Crippen molar-refractivity contribution >= 4 is 40.5 Å². The third-order valence-corrected chi connectivity index (χ3v) is 4.49. The van der Waals surface area contributed by atoms with E-state index >= 15 is 0 Å². The molecule has 0 aliphatic heterocycles. The predicted molar refractivity (Wildman–Crippen MR) is 104 cm³/mol. The monoisotopic (exact) mass is 392 g/mol. The van der Waals surface area contributed by atoms with Crippen LogP contribution in [0.15, 0.2) is 61.2 Å². The Balaban J connectivity index is 1.91. The first kappa shape index (κ1) is 17.9. The fourth-order valence-electron chi connectivity index (χ4n) is 2.47. The Kier molecular flexibility index (Phi) is 5.69. The number of imidazole rings is 1. The third-order valence-electron chi connectivity index (χ3n) is 3.67. The van der Waals surface area contributed by atoms with Gasteiger partial charge >= 0.3 is 0 Å². The zero-order valence-corrected chi connectivity index (χ0v) is 15.7. The van der Waals surface area contributed by atoms with Gasteiger partial charge in [-0.15, -0.1) is 0 Å². The molecule has 0 bridgehead atoms. The molecule has 0 unspecified atom stereocenters. The van der Waals surface area contributed by atoms with Crippen LogP contribution in [0, 0.1) is 0 Å². The molecule has 3 nitrogen and oxygen atoms in total. The number of hydrogen-bond acceptors (Lipinski definition) is 2. The van der Waals surface area contributed by atoms with Crippen LogP contribution in [0.5, 0.6) is 5.75 Å². The molecule has 0 aliphatic rings. The molecule has 0 saturated heterocycles. The van der Waals surface area contributed by atoms with Crippen LogP contribution >= 0.6 is 34.8 Å². The smallest absolute Gasteiger partial charge is 0.129 e. The fraction of sp³-hybridized carbons (Fsp3) is 0.105. The molecule has 6 heteroatoms. The first-order valence-corrected chi connectivity index (χ1v) is 8.73. The highest BCUT2D eigenvalue weighted by atomic mass is 35.5. The van der Waals surface area contributed by atoms with Crippen molar-refractivity contribution in [2.75, 3.05) is 0 Å². The van der Waals surface area contributed by atoms with Crippen LogP contribution in [0.1, 0.15) is 18.1 Å². The molecule has 128 valence electrons. The summed E-state index contributed by atoms with van der Waals surface area (Å²) in [6.07, 6.45) is 7.31. The molecule has 0 atom stereocenters. The lowest BCUT2D eigenvalue weighted by Crippen LogP contribution is -2.02. The van der Waals surface area contributed by atoms with Crippen molar-refractivity contribution in [3.05, 3.63) is 87.4 Å². The van der Waals surface area contributed by atoms with Gasteiger partial charge in [-0.2, -0.15) is 0 Å². The molecule has 0 spiro atoms. The number of allylic oxidation sites excluding steroid dienone is 1. The standard InChI is InChI=1S/C19H15Cl3N2O/c1-2-18(24-8-7-23-12-24)16-9-14(20)5-6-19(16)25-11-13-3-4-15(21)10-17(13)22/h2-10,12H,11H2,1H3/b18-2-. The summed E-state index contributed by atoms with van der Waals surface area (Å²) in [5.41, 5.74) is 2.66. The van der Waals surface area contributed by atoms with E-state index in [-0.39, 0.29) is 0 Å². The number of nitrogens with zero attached hydrogens (tertiary/aromatic N) is 2. The van der Waals surface area contributed by atoms with Crippen molar-refractivity contribution in [3.8, 4) is 5.75 Å². The lowest BCUT2D eigenvalue weighted by Gasteiger charge is -2.16. The molecule has 0 aliphatic carbocycles. The summed E-state index contributed by atoms with van der Waals surface area (Å²) in [6, 6.07) is 10.9. The largest absolute Gasteiger partial charge is 0.488 e. The van der Waals surface area contributed by atoms with Gasteiger partial charge in [0.15, 0.2) is 0 Å². The molecule has 2 aromatic carbocycles. The highest BCUT2D eigenvalue weighted by Gasteiger charge is 2.12. The maximum Gasteiger partial charge on any atom is 0.129 e. The first-order valence-electron chi connectivity index (χ1n) is 7.60. The second kappa shape index (κ2) is 7.96. The molecule has 0 amide bonds. The molecule has 1 heterocycles. The van der Waals surface area contributed by atoms with Gasteiger partial charge in [0.05, 0.1) is 12.0 Å². The minimum atomic E-state index is 0.325. The lowest BCUT2D eigenvalue weighted by atomic mass is 10.1. The van der Waals surface area contributed by atoms with E-state index in [2.05, 4.69) is 4.98 Å². The van der Waals surface area contributed by atoms with Gasteiger partial charge in [0.25, 0.3) is 0 Å². The Bertz CT molecular complexity index is 905. The van der Waals surface area contributed by atoms with Crippen LogP contribution < -0.4 is 4.74 Å². The van der Waals surface area contributed by atoms with E-state index in [1.165, 1.54) is 0 Å². The lowest BCUT2D eigenvalue weighted by molar-refractivity contribution is 0.305. The average Bonchev–Trinajstić information content (AvgIpc) is 3.10. The molecule has 0 fully saturated rings. The number of ether oxygens (including phenoxy) is 1. The number of aromatic nitrogens is 2. The maximum absolute atomic E-state index is 6.22. The highest BCUT2D eigenvalue weighted by molar-refractivity contribution is 6.35. The molecular formula is C19H15Cl3N2O. The molecule has 0 saturated carbocycles.